The van der Waals surface area contributed by atoms with Crippen LogP contribution in [-0.4, -0.2) is 16.4 Å². The Kier molecular flexibility index (Phi) is 7.54. The van der Waals surface area contributed by atoms with Gasteiger partial charge < -0.3 is 4.74 Å². The number of anilines is 1. The number of nitrogens with zero attached hydrogens (tertiary/aromatic N) is 3. The van der Waals surface area contributed by atoms with Crippen LogP contribution in [0.25, 0.3) is 0 Å². The third kappa shape index (κ3) is 6.27. The van der Waals surface area contributed by atoms with E-state index in [-0.39, 0.29) is 33.9 Å². The summed E-state index contributed by atoms with van der Waals surface area (Å²) >= 11 is 11.7. The molecule has 0 spiro atoms. The summed E-state index contributed by atoms with van der Waals surface area (Å²) in [4.78, 5) is 18.7. The number of ether oxygens (including phenoxy) is 1. The van der Waals surface area contributed by atoms with Crippen molar-refractivity contribution in [3.63, 3.8) is 0 Å². The molecule has 3 rings (SSSR count). The molecule has 0 saturated heterocycles. The van der Waals surface area contributed by atoms with Crippen molar-refractivity contribution < 1.29 is 35.9 Å². The first kappa shape index (κ1) is 25.5. The van der Waals surface area contributed by atoms with Crippen LogP contribution in [-0.2, 0) is 23.7 Å². The zero-order chi connectivity index (χ0) is 25.1. The van der Waals surface area contributed by atoms with Gasteiger partial charge in [-0.3, -0.25) is 9.78 Å². The Hall–Kier alpha value is -3.09. The minimum Gasteiger partial charge on any atom is -0.438 e. The minimum absolute atomic E-state index is 0.0736. The van der Waals surface area contributed by atoms with Crippen LogP contribution in [0.3, 0.4) is 0 Å². The van der Waals surface area contributed by atoms with Gasteiger partial charge in [-0.05, 0) is 36.4 Å². The van der Waals surface area contributed by atoms with Crippen LogP contribution in [0.15, 0.2) is 48.8 Å². The van der Waals surface area contributed by atoms with Crippen LogP contribution in [0.4, 0.5) is 32.0 Å². The predicted molar refractivity (Wildman–Crippen MR) is 110 cm³/mol. The number of pyridine rings is 2. The van der Waals surface area contributed by atoms with Crippen molar-refractivity contribution in [3.8, 4) is 11.6 Å². The second-order valence-corrected chi connectivity index (χ2v) is 7.38. The number of hydrazine groups is 1. The lowest BCUT2D eigenvalue weighted by Gasteiger charge is -2.19. The first-order valence-electron chi connectivity index (χ1n) is 9.09. The Morgan fingerprint density at radius 2 is 1.47 bits per heavy atom. The number of hydrogen-bond acceptors (Lipinski definition) is 5. The maximum absolute atomic E-state index is 12.7. The van der Waals surface area contributed by atoms with E-state index >= 15 is 0 Å². The number of carbonyl (C=O) groups excluding carboxylic acids is 1. The van der Waals surface area contributed by atoms with Gasteiger partial charge in [0.1, 0.15) is 10.8 Å². The summed E-state index contributed by atoms with van der Waals surface area (Å²) in [6.45, 7) is -0.168. The number of halogens is 8. The molecule has 180 valence electrons. The summed E-state index contributed by atoms with van der Waals surface area (Å²) < 4.78 is 81.6. The van der Waals surface area contributed by atoms with Crippen LogP contribution in [0.1, 0.15) is 16.8 Å². The number of alkyl halides is 6. The molecule has 14 heteroatoms. The average molecular weight is 525 g/mol. The summed E-state index contributed by atoms with van der Waals surface area (Å²) in [7, 11) is 0. The molecule has 0 aliphatic heterocycles. The Morgan fingerprint density at radius 1 is 0.912 bits per heavy atom. The van der Waals surface area contributed by atoms with Gasteiger partial charge in [0, 0.05) is 12.4 Å². The van der Waals surface area contributed by atoms with Gasteiger partial charge in [-0.2, -0.15) is 26.3 Å². The quantitative estimate of drug-likeness (QED) is 0.224. The van der Waals surface area contributed by atoms with Gasteiger partial charge in [-0.25, -0.2) is 15.4 Å². The molecule has 2 aromatic heterocycles. The average Bonchev–Trinajstić information content (AvgIpc) is 2.76. The monoisotopic (exact) mass is 524 g/mol. The van der Waals surface area contributed by atoms with Gasteiger partial charge in [0.25, 0.3) is 0 Å². The molecule has 6 nitrogen and oxygen atoms in total. The van der Waals surface area contributed by atoms with E-state index in [1.165, 1.54) is 24.3 Å². The lowest BCUT2D eigenvalue weighted by Crippen LogP contribution is -2.36. The number of benzene rings is 1. The molecule has 0 fully saturated rings. The number of aromatic nitrogens is 2. The summed E-state index contributed by atoms with van der Waals surface area (Å²) in [6.07, 6.45) is -7.60. The third-order valence-corrected chi connectivity index (χ3v) is 4.83. The second-order valence-electron chi connectivity index (χ2n) is 6.57. The fourth-order valence-electron chi connectivity index (χ4n) is 2.54. The molecule has 0 atom stereocenters. The van der Waals surface area contributed by atoms with E-state index in [4.69, 9.17) is 27.9 Å². The van der Waals surface area contributed by atoms with Gasteiger partial charge in [-0.15, -0.1) is 0 Å². The fourth-order valence-corrected chi connectivity index (χ4v) is 2.98. The molecule has 1 aromatic carbocycles. The number of nitrogens with one attached hydrogen (secondary N) is 1. The SMILES string of the molecule is O=CN(NCc1ncc(C(F)(F)F)cc1Cl)c1ccc(Oc2ncc(C(F)(F)F)cc2Cl)cc1. The molecule has 2 heterocycles. The standard InChI is InChI=1S/C20H12Cl2F6N4O2/c21-15-5-11(19(23,24)25)7-29-17(15)9-31-32(10-33)13-1-3-14(4-2-13)34-18-16(22)6-12(8-30-18)20(26,27)28/h1-8,10,31H,9H2. The Morgan fingerprint density at radius 3 is 1.97 bits per heavy atom. The summed E-state index contributed by atoms with van der Waals surface area (Å²) in [5.74, 6) is -0.0907. The molecule has 1 N–H and O–H groups in total. The van der Waals surface area contributed by atoms with Crippen molar-refractivity contribution >= 4 is 35.3 Å². The minimum atomic E-state index is -4.61. The van der Waals surface area contributed by atoms with Gasteiger partial charge in [0.05, 0.1) is 34.1 Å². The lowest BCUT2D eigenvalue weighted by molar-refractivity contribution is -0.138. The number of carbonyl (C=O) groups is 1. The highest BCUT2D eigenvalue weighted by Gasteiger charge is 2.32. The molecular weight excluding hydrogens is 513 g/mol. The fraction of sp³-hybridized carbons (Fsp3) is 0.150. The smallest absolute Gasteiger partial charge is 0.417 e. The summed E-state index contributed by atoms with van der Waals surface area (Å²) in [5.41, 5.74) is 0.993. The van der Waals surface area contributed by atoms with Gasteiger partial charge >= 0.3 is 12.4 Å². The van der Waals surface area contributed by atoms with Crippen LogP contribution in [0.2, 0.25) is 10.0 Å². The van der Waals surface area contributed by atoms with E-state index in [0.29, 0.717) is 30.6 Å². The Labute approximate surface area is 198 Å². The maximum Gasteiger partial charge on any atom is 0.417 e. The molecule has 0 bridgehead atoms. The van der Waals surface area contributed by atoms with E-state index in [1.54, 1.807) is 0 Å². The largest absolute Gasteiger partial charge is 0.438 e. The topological polar surface area (TPSA) is 67.4 Å². The molecule has 34 heavy (non-hydrogen) atoms. The van der Waals surface area contributed by atoms with E-state index in [2.05, 4.69) is 15.4 Å². The normalized spacial score (nSPS) is 11.9. The Bertz CT molecular complexity index is 1170. The molecule has 0 aliphatic rings. The van der Waals surface area contributed by atoms with Crippen LogP contribution < -0.4 is 15.2 Å². The van der Waals surface area contributed by atoms with Gasteiger partial charge in [0.2, 0.25) is 12.3 Å². The first-order valence-corrected chi connectivity index (χ1v) is 9.84. The van der Waals surface area contributed by atoms with Gasteiger partial charge in [-0.1, -0.05) is 23.2 Å². The second kappa shape index (κ2) is 10.0. The maximum atomic E-state index is 12.7. The van der Waals surface area contributed by atoms with Crippen LogP contribution in [0.5, 0.6) is 11.6 Å². The summed E-state index contributed by atoms with van der Waals surface area (Å²) in [5, 5.41) is 0.428. The third-order valence-electron chi connectivity index (χ3n) is 4.23. The molecule has 1 amide bonds. The van der Waals surface area contributed by atoms with E-state index < -0.39 is 23.5 Å². The zero-order valence-electron chi connectivity index (χ0n) is 16.6. The molecule has 0 saturated carbocycles. The highest BCUT2D eigenvalue weighted by molar-refractivity contribution is 6.32. The summed E-state index contributed by atoms with van der Waals surface area (Å²) in [6, 6.07) is 7.05. The van der Waals surface area contributed by atoms with E-state index in [0.717, 1.165) is 11.1 Å². The first-order chi connectivity index (χ1) is 15.9. The molecular formula is C20H12Cl2F6N4O2. The highest BCUT2D eigenvalue weighted by atomic mass is 35.5. The highest BCUT2D eigenvalue weighted by Crippen LogP contribution is 2.35. The van der Waals surface area contributed by atoms with Crippen LogP contribution in [0, 0.1) is 0 Å². The van der Waals surface area contributed by atoms with Gasteiger partial charge in [0.15, 0.2) is 0 Å². The van der Waals surface area contributed by atoms with Crippen molar-refractivity contribution in [2.24, 2.45) is 0 Å². The van der Waals surface area contributed by atoms with E-state index in [9.17, 15) is 31.1 Å². The van der Waals surface area contributed by atoms with Crippen molar-refractivity contribution in [1.82, 2.24) is 15.4 Å². The van der Waals surface area contributed by atoms with E-state index in [1.807, 2.05) is 0 Å². The molecule has 0 radical (unpaired) electrons. The predicted octanol–water partition coefficient (Wildman–Crippen LogP) is 6.28. The molecule has 3 aromatic rings. The molecule has 0 aliphatic carbocycles. The zero-order valence-corrected chi connectivity index (χ0v) is 18.1. The molecule has 0 unspecified atom stereocenters. The van der Waals surface area contributed by atoms with Crippen molar-refractivity contribution in [3.05, 3.63) is 75.7 Å². The van der Waals surface area contributed by atoms with Crippen LogP contribution >= 0.6 is 23.2 Å². The number of amides is 1. The van der Waals surface area contributed by atoms with Crippen molar-refractivity contribution in [1.29, 1.82) is 0 Å². The van der Waals surface area contributed by atoms with Crippen molar-refractivity contribution in [2.45, 2.75) is 18.9 Å². The van der Waals surface area contributed by atoms with Crippen molar-refractivity contribution in [2.75, 3.05) is 5.01 Å². The number of rotatable bonds is 7. The number of hydrogen-bond donors (Lipinski definition) is 1. The lowest BCUT2D eigenvalue weighted by atomic mass is 10.2. The Balaban J connectivity index is 1.67.